The second-order valence-electron chi connectivity index (χ2n) is 6.42. The molecule has 1 aliphatic heterocycles. The summed E-state index contributed by atoms with van der Waals surface area (Å²) in [4.78, 5) is 25.9. The van der Waals surface area contributed by atoms with Gasteiger partial charge in [0.15, 0.2) is 0 Å². The Morgan fingerprint density at radius 3 is 2.50 bits per heavy atom. The van der Waals surface area contributed by atoms with Crippen LogP contribution in [0.1, 0.15) is 16.8 Å². The molecule has 3 aromatic carbocycles. The third kappa shape index (κ3) is 2.88. The van der Waals surface area contributed by atoms with E-state index in [1.807, 2.05) is 35.2 Å². The molecule has 0 radical (unpaired) electrons. The molecule has 2 amide bonds. The van der Waals surface area contributed by atoms with Crippen LogP contribution in [0.5, 0.6) is 0 Å². The minimum absolute atomic E-state index is 0.0559. The SMILES string of the molecule is NC(=O)c1ccc(NC2CCN(c3cccc4ccccc34)C2=O)cc1. The summed E-state index contributed by atoms with van der Waals surface area (Å²) in [5.41, 5.74) is 7.45. The largest absolute Gasteiger partial charge is 0.374 e. The van der Waals surface area contributed by atoms with Crippen LogP contribution in [0.25, 0.3) is 10.8 Å². The maximum absolute atomic E-state index is 12.9. The molecular weight excluding hydrogens is 326 g/mol. The van der Waals surface area contributed by atoms with E-state index >= 15 is 0 Å². The van der Waals surface area contributed by atoms with Gasteiger partial charge in [-0.05, 0) is 42.1 Å². The van der Waals surface area contributed by atoms with Crippen molar-refractivity contribution in [3.8, 4) is 0 Å². The van der Waals surface area contributed by atoms with E-state index in [-0.39, 0.29) is 11.9 Å². The number of carbonyl (C=O) groups excluding carboxylic acids is 2. The van der Waals surface area contributed by atoms with Crippen LogP contribution in [0, 0.1) is 0 Å². The van der Waals surface area contributed by atoms with Crippen LogP contribution in [0.15, 0.2) is 66.7 Å². The number of fused-ring (bicyclic) bond motifs is 1. The highest BCUT2D eigenvalue weighted by atomic mass is 16.2. The summed E-state index contributed by atoms with van der Waals surface area (Å²) in [5, 5.41) is 5.46. The number of primary amides is 1. The average molecular weight is 345 g/mol. The molecule has 0 spiro atoms. The molecule has 4 rings (SSSR count). The lowest BCUT2D eigenvalue weighted by atomic mass is 10.1. The van der Waals surface area contributed by atoms with Crippen LogP contribution in [-0.4, -0.2) is 24.4 Å². The number of nitrogens with zero attached hydrogens (tertiary/aromatic N) is 1. The summed E-state index contributed by atoms with van der Waals surface area (Å²) >= 11 is 0. The Morgan fingerprint density at radius 2 is 1.73 bits per heavy atom. The van der Waals surface area contributed by atoms with Crippen molar-refractivity contribution in [3.63, 3.8) is 0 Å². The van der Waals surface area contributed by atoms with Crippen LogP contribution in [-0.2, 0) is 4.79 Å². The standard InChI is InChI=1S/C21H19N3O2/c22-20(25)15-8-10-16(11-9-15)23-18-12-13-24(21(18)26)19-7-3-5-14-4-1-2-6-17(14)19/h1-11,18,23H,12-13H2,(H2,22,25). The Balaban J connectivity index is 1.55. The molecular formula is C21H19N3O2. The Kier molecular flexibility index (Phi) is 4.05. The Bertz CT molecular complexity index is 977. The molecule has 0 aliphatic carbocycles. The third-order valence-corrected chi connectivity index (χ3v) is 4.77. The summed E-state index contributed by atoms with van der Waals surface area (Å²) in [6.07, 6.45) is 0.722. The molecule has 0 aromatic heterocycles. The summed E-state index contributed by atoms with van der Waals surface area (Å²) in [7, 11) is 0. The minimum Gasteiger partial charge on any atom is -0.374 e. The van der Waals surface area contributed by atoms with E-state index < -0.39 is 5.91 Å². The Labute approximate surface area is 151 Å². The number of rotatable bonds is 4. The van der Waals surface area contributed by atoms with Crippen molar-refractivity contribution in [1.29, 1.82) is 0 Å². The second kappa shape index (κ2) is 6.52. The summed E-state index contributed by atoms with van der Waals surface area (Å²) in [6.45, 7) is 0.671. The van der Waals surface area contributed by atoms with Crippen molar-refractivity contribution in [1.82, 2.24) is 0 Å². The topological polar surface area (TPSA) is 75.4 Å². The van der Waals surface area contributed by atoms with E-state index in [4.69, 9.17) is 5.73 Å². The summed E-state index contributed by atoms with van der Waals surface area (Å²) < 4.78 is 0. The molecule has 0 saturated carbocycles. The van der Waals surface area contributed by atoms with Crippen molar-refractivity contribution in [2.45, 2.75) is 12.5 Å². The number of nitrogens with one attached hydrogen (secondary N) is 1. The molecule has 1 saturated heterocycles. The fourth-order valence-electron chi connectivity index (χ4n) is 3.43. The van der Waals surface area contributed by atoms with Crippen LogP contribution >= 0.6 is 0 Å². The van der Waals surface area contributed by atoms with Gasteiger partial charge in [0.2, 0.25) is 11.8 Å². The third-order valence-electron chi connectivity index (χ3n) is 4.77. The average Bonchev–Trinajstić information content (AvgIpc) is 3.02. The lowest BCUT2D eigenvalue weighted by Crippen LogP contribution is -2.33. The molecule has 0 bridgehead atoms. The van der Waals surface area contributed by atoms with Gasteiger partial charge in [-0.3, -0.25) is 9.59 Å². The first-order valence-corrected chi connectivity index (χ1v) is 8.59. The van der Waals surface area contributed by atoms with Gasteiger partial charge in [0, 0.05) is 23.2 Å². The van der Waals surface area contributed by atoms with Gasteiger partial charge in [-0.2, -0.15) is 0 Å². The number of benzene rings is 3. The number of hydrogen-bond donors (Lipinski definition) is 2. The van der Waals surface area contributed by atoms with Crippen LogP contribution < -0.4 is 16.0 Å². The summed E-state index contributed by atoms with van der Waals surface area (Å²) in [6, 6.07) is 20.7. The molecule has 1 aliphatic rings. The first-order chi connectivity index (χ1) is 12.6. The van der Waals surface area contributed by atoms with Gasteiger partial charge in [-0.25, -0.2) is 0 Å². The maximum atomic E-state index is 12.9. The van der Waals surface area contributed by atoms with Gasteiger partial charge >= 0.3 is 0 Å². The van der Waals surface area contributed by atoms with Crippen molar-refractivity contribution in [3.05, 3.63) is 72.3 Å². The van der Waals surface area contributed by atoms with E-state index in [0.29, 0.717) is 12.1 Å². The van der Waals surface area contributed by atoms with Crippen molar-refractivity contribution in [2.75, 3.05) is 16.8 Å². The minimum atomic E-state index is -0.462. The lowest BCUT2D eigenvalue weighted by Gasteiger charge is -2.19. The molecule has 26 heavy (non-hydrogen) atoms. The van der Waals surface area contributed by atoms with Gasteiger partial charge in [-0.15, -0.1) is 0 Å². The first-order valence-electron chi connectivity index (χ1n) is 8.59. The van der Waals surface area contributed by atoms with Crippen molar-refractivity contribution >= 4 is 34.0 Å². The van der Waals surface area contributed by atoms with Gasteiger partial charge in [0.25, 0.3) is 0 Å². The summed E-state index contributed by atoms with van der Waals surface area (Å²) in [5.74, 6) is -0.407. The van der Waals surface area contributed by atoms with Gasteiger partial charge in [0.1, 0.15) is 6.04 Å². The number of amides is 2. The fraction of sp³-hybridized carbons (Fsp3) is 0.143. The van der Waals surface area contributed by atoms with E-state index in [1.165, 1.54) is 0 Å². The maximum Gasteiger partial charge on any atom is 0.249 e. The number of anilines is 2. The molecule has 5 heteroatoms. The van der Waals surface area contributed by atoms with Gasteiger partial charge in [-0.1, -0.05) is 36.4 Å². The zero-order valence-electron chi connectivity index (χ0n) is 14.2. The molecule has 1 heterocycles. The zero-order valence-corrected chi connectivity index (χ0v) is 14.2. The van der Waals surface area contributed by atoms with E-state index in [9.17, 15) is 9.59 Å². The second-order valence-corrected chi connectivity index (χ2v) is 6.42. The highest BCUT2D eigenvalue weighted by molar-refractivity contribution is 6.07. The smallest absolute Gasteiger partial charge is 0.249 e. The molecule has 1 atom stereocenters. The van der Waals surface area contributed by atoms with Gasteiger partial charge in [0.05, 0.1) is 5.69 Å². The normalized spacial score (nSPS) is 16.8. The van der Waals surface area contributed by atoms with E-state index in [0.717, 1.165) is 28.6 Å². The van der Waals surface area contributed by atoms with E-state index in [1.54, 1.807) is 24.3 Å². The first kappa shape index (κ1) is 16.1. The zero-order chi connectivity index (χ0) is 18.1. The fourth-order valence-corrected chi connectivity index (χ4v) is 3.43. The molecule has 1 fully saturated rings. The van der Waals surface area contributed by atoms with Crippen LogP contribution in [0.2, 0.25) is 0 Å². The van der Waals surface area contributed by atoms with Crippen LogP contribution in [0.4, 0.5) is 11.4 Å². The molecule has 1 unspecified atom stereocenters. The predicted molar refractivity (Wildman–Crippen MR) is 103 cm³/mol. The lowest BCUT2D eigenvalue weighted by molar-refractivity contribution is -0.117. The monoisotopic (exact) mass is 345 g/mol. The van der Waals surface area contributed by atoms with Crippen molar-refractivity contribution in [2.24, 2.45) is 5.73 Å². The Morgan fingerprint density at radius 1 is 1.00 bits per heavy atom. The van der Waals surface area contributed by atoms with Crippen molar-refractivity contribution < 1.29 is 9.59 Å². The Hall–Kier alpha value is -3.34. The highest BCUT2D eigenvalue weighted by Crippen LogP contribution is 2.30. The quantitative estimate of drug-likeness (QED) is 0.763. The molecule has 130 valence electrons. The highest BCUT2D eigenvalue weighted by Gasteiger charge is 2.33. The molecule has 3 N–H and O–H groups in total. The number of carbonyl (C=O) groups is 2. The predicted octanol–water partition coefficient (Wildman–Crippen LogP) is 3.16. The number of hydrogen-bond acceptors (Lipinski definition) is 3. The van der Waals surface area contributed by atoms with Crippen LogP contribution in [0.3, 0.4) is 0 Å². The van der Waals surface area contributed by atoms with E-state index in [2.05, 4.69) is 17.4 Å². The van der Waals surface area contributed by atoms with Gasteiger partial charge < -0.3 is 16.0 Å². The molecule has 3 aromatic rings. The molecule has 5 nitrogen and oxygen atoms in total. The number of nitrogens with two attached hydrogens (primary N) is 1.